The van der Waals surface area contributed by atoms with Crippen LogP contribution in [0.3, 0.4) is 0 Å². The van der Waals surface area contributed by atoms with Gasteiger partial charge in [0.15, 0.2) is 0 Å². The second-order valence-corrected chi connectivity index (χ2v) is 4.76. The van der Waals surface area contributed by atoms with Crippen molar-refractivity contribution in [3.05, 3.63) is 47.5 Å². The summed E-state index contributed by atoms with van der Waals surface area (Å²) >= 11 is 0. The van der Waals surface area contributed by atoms with Crippen molar-refractivity contribution in [1.29, 1.82) is 0 Å². The molecule has 0 saturated carbocycles. The van der Waals surface area contributed by atoms with Gasteiger partial charge in [-0.05, 0) is 30.2 Å². The molecule has 0 radical (unpaired) electrons. The van der Waals surface area contributed by atoms with E-state index in [-0.39, 0.29) is 12.5 Å². The van der Waals surface area contributed by atoms with Gasteiger partial charge in [-0.25, -0.2) is 0 Å². The minimum absolute atomic E-state index is 0.0771. The van der Waals surface area contributed by atoms with Gasteiger partial charge < -0.3 is 14.4 Å². The standard InChI is InChI=1S/C16H19NO4/c1-3-7-17(9-15(18)21-4-2)16(19)12-5-6-13-10-20-11-14(13)8-12/h3,5-6,8H,1,4,7,9-11H2,2H3. The van der Waals surface area contributed by atoms with Crippen LogP contribution >= 0.6 is 0 Å². The van der Waals surface area contributed by atoms with Crippen LogP contribution in [0.1, 0.15) is 28.4 Å². The van der Waals surface area contributed by atoms with Crippen molar-refractivity contribution >= 4 is 11.9 Å². The van der Waals surface area contributed by atoms with E-state index >= 15 is 0 Å². The van der Waals surface area contributed by atoms with Crippen molar-refractivity contribution in [2.24, 2.45) is 0 Å². The molecule has 0 N–H and O–H groups in total. The van der Waals surface area contributed by atoms with Gasteiger partial charge in [0.1, 0.15) is 6.54 Å². The zero-order chi connectivity index (χ0) is 15.2. The minimum atomic E-state index is -0.419. The lowest BCUT2D eigenvalue weighted by Crippen LogP contribution is -2.36. The Bertz CT molecular complexity index is 553. The zero-order valence-corrected chi connectivity index (χ0v) is 12.1. The molecule has 1 heterocycles. The summed E-state index contributed by atoms with van der Waals surface area (Å²) in [5, 5.41) is 0. The number of benzene rings is 1. The Kier molecular flexibility index (Phi) is 5.11. The lowest BCUT2D eigenvalue weighted by atomic mass is 10.1. The second-order valence-electron chi connectivity index (χ2n) is 4.76. The molecule has 21 heavy (non-hydrogen) atoms. The van der Waals surface area contributed by atoms with E-state index < -0.39 is 5.97 Å². The summed E-state index contributed by atoms with van der Waals surface area (Å²) in [6.07, 6.45) is 1.59. The predicted octanol–water partition coefficient (Wildman–Crippen LogP) is 1.91. The van der Waals surface area contributed by atoms with Crippen LogP contribution < -0.4 is 0 Å². The van der Waals surface area contributed by atoms with Crippen LogP contribution in [0.4, 0.5) is 0 Å². The lowest BCUT2D eigenvalue weighted by molar-refractivity contribution is -0.143. The molecule has 1 aliphatic heterocycles. The highest BCUT2D eigenvalue weighted by molar-refractivity contribution is 5.96. The summed E-state index contributed by atoms with van der Waals surface area (Å²) in [4.78, 5) is 25.5. The number of hydrogen-bond acceptors (Lipinski definition) is 4. The molecule has 0 spiro atoms. The number of rotatable bonds is 6. The Morgan fingerprint density at radius 3 is 2.86 bits per heavy atom. The van der Waals surface area contributed by atoms with E-state index in [0.717, 1.165) is 11.1 Å². The van der Waals surface area contributed by atoms with Gasteiger partial charge in [-0.15, -0.1) is 6.58 Å². The van der Waals surface area contributed by atoms with Crippen LogP contribution in [0.15, 0.2) is 30.9 Å². The maximum absolute atomic E-state index is 12.5. The van der Waals surface area contributed by atoms with Crippen LogP contribution in [0.25, 0.3) is 0 Å². The number of nitrogens with zero attached hydrogens (tertiary/aromatic N) is 1. The average Bonchev–Trinajstić information content (AvgIpc) is 2.93. The number of fused-ring (bicyclic) bond motifs is 1. The molecule has 5 nitrogen and oxygen atoms in total. The highest BCUT2D eigenvalue weighted by Crippen LogP contribution is 2.21. The number of hydrogen-bond donors (Lipinski definition) is 0. The summed E-state index contributed by atoms with van der Waals surface area (Å²) in [6.45, 7) is 6.98. The lowest BCUT2D eigenvalue weighted by Gasteiger charge is -2.20. The van der Waals surface area contributed by atoms with Crippen molar-refractivity contribution in [3.63, 3.8) is 0 Å². The van der Waals surface area contributed by atoms with E-state index in [0.29, 0.717) is 31.9 Å². The van der Waals surface area contributed by atoms with Crippen molar-refractivity contribution in [2.45, 2.75) is 20.1 Å². The zero-order valence-electron chi connectivity index (χ0n) is 12.1. The third-order valence-corrected chi connectivity index (χ3v) is 3.23. The van der Waals surface area contributed by atoms with Crippen LogP contribution in [-0.4, -0.2) is 36.5 Å². The van der Waals surface area contributed by atoms with Crippen LogP contribution in [0.2, 0.25) is 0 Å². The summed E-state index contributed by atoms with van der Waals surface area (Å²) in [5.74, 6) is -0.630. The monoisotopic (exact) mass is 289 g/mol. The average molecular weight is 289 g/mol. The van der Waals surface area contributed by atoms with Gasteiger partial charge in [-0.2, -0.15) is 0 Å². The molecule has 0 saturated heterocycles. The van der Waals surface area contributed by atoms with E-state index in [2.05, 4.69) is 6.58 Å². The molecular weight excluding hydrogens is 270 g/mol. The Morgan fingerprint density at radius 2 is 2.14 bits per heavy atom. The fraction of sp³-hybridized carbons (Fsp3) is 0.375. The Hall–Kier alpha value is -2.14. The van der Waals surface area contributed by atoms with Gasteiger partial charge in [0.05, 0.1) is 19.8 Å². The van der Waals surface area contributed by atoms with E-state index in [1.54, 1.807) is 19.1 Å². The number of carbonyl (C=O) groups excluding carboxylic acids is 2. The summed E-state index contributed by atoms with van der Waals surface area (Å²) in [5.41, 5.74) is 2.67. The smallest absolute Gasteiger partial charge is 0.325 e. The minimum Gasteiger partial charge on any atom is -0.465 e. The van der Waals surface area contributed by atoms with E-state index in [9.17, 15) is 9.59 Å². The fourth-order valence-corrected chi connectivity index (χ4v) is 2.23. The van der Waals surface area contributed by atoms with Crippen molar-refractivity contribution in [2.75, 3.05) is 19.7 Å². The quantitative estimate of drug-likeness (QED) is 0.593. The van der Waals surface area contributed by atoms with Gasteiger partial charge >= 0.3 is 5.97 Å². The molecule has 1 aromatic rings. The van der Waals surface area contributed by atoms with Crippen molar-refractivity contribution < 1.29 is 19.1 Å². The number of carbonyl (C=O) groups is 2. The van der Waals surface area contributed by atoms with Gasteiger partial charge in [0, 0.05) is 12.1 Å². The van der Waals surface area contributed by atoms with Gasteiger partial charge in [0.25, 0.3) is 5.91 Å². The van der Waals surface area contributed by atoms with Crippen LogP contribution in [-0.2, 0) is 27.5 Å². The first kappa shape index (κ1) is 15.3. The highest BCUT2D eigenvalue weighted by Gasteiger charge is 2.20. The van der Waals surface area contributed by atoms with Gasteiger partial charge in [-0.1, -0.05) is 12.1 Å². The molecule has 1 aromatic carbocycles. The molecule has 1 aliphatic rings. The van der Waals surface area contributed by atoms with Crippen molar-refractivity contribution in [1.82, 2.24) is 4.90 Å². The maximum atomic E-state index is 12.5. The molecule has 0 aromatic heterocycles. The van der Waals surface area contributed by atoms with Gasteiger partial charge in [-0.3, -0.25) is 9.59 Å². The molecule has 0 fully saturated rings. The molecule has 0 bridgehead atoms. The van der Waals surface area contributed by atoms with E-state index in [1.807, 2.05) is 12.1 Å². The summed E-state index contributed by atoms with van der Waals surface area (Å²) in [7, 11) is 0. The third-order valence-electron chi connectivity index (χ3n) is 3.23. The SMILES string of the molecule is C=CCN(CC(=O)OCC)C(=O)c1ccc2c(c1)COC2. The van der Waals surface area contributed by atoms with Crippen LogP contribution in [0.5, 0.6) is 0 Å². The number of ether oxygens (including phenoxy) is 2. The third kappa shape index (κ3) is 3.70. The topological polar surface area (TPSA) is 55.8 Å². The van der Waals surface area contributed by atoms with E-state index in [4.69, 9.17) is 9.47 Å². The first-order valence-corrected chi connectivity index (χ1v) is 6.91. The second kappa shape index (κ2) is 7.04. The Labute approximate surface area is 124 Å². The molecular formula is C16H19NO4. The predicted molar refractivity (Wildman–Crippen MR) is 77.7 cm³/mol. The molecule has 112 valence electrons. The first-order valence-electron chi connectivity index (χ1n) is 6.91. The Morgan fingerprint density at radius 1 is 1.38 bits per heavy atom. The molecule has 0 unspecified atom stereocenters. The van der Waals surface area contributed by atoms with Crippen LogP contribution in [0, 0.1) is 0 Å². The van der Waals surface area contributed by atoms with Gasteiger partial charge in [0.2, 0.25) is 0 Å². The normalized spacial score (nSPS) is 12.6. The largest absolute Gasteiger partial charge is 0.465 e. The molecule has 2 rings (SSSR count). The number of esters is 1. The maximum Gasteiger partial charge on any atom is 0.325 e. The fourth-order valence-electron chi connectivity index (χ4n) is 2.23. The summed E-state index contributed by atoms with van der Waals surface area (Å²) in [6, 6.07) is 5.48. The molecule has 5 heteroatoms. The molecule has 0 atom stereocenters. The molecule has 1 amide bonds. The molecule has 0 aliphatic carbocycles. The van der Waals surface area contributed by atoms with E-state index in [1.165, 1.54) is 4.90 Å². The first-order chi connectivity index (χ1) is 10.2. The number of amides is 1. The van der Waals surface area contributed by atoms with Crippen molar-refractivity contribution in [3.8, 4) is 0 Å². The Balaban J connectivity index is 2.13. The summed E-state index contributed by atoms with van der Waals surface area (Å²) < 4.78 is 10.2. The highest BCUT2D eigenvalue weighted by atomic mass is 16.5.